The second kappa shape index (κ2) is 8.00. The summed E-state index contributed by atoms with van der Waals surface area (Å²) in [5.74, 6) is 0.739. The Hall–Kier alpha value is -1.88. The van der Waals surface area contributed by atoms with Gasteiger partial charge in [-0.1, -0.05) is 31.2 Å². The maximum Gasteiger partial charge on any atom is 0.236 e. The number of carbonyl (C=O) groups excluding carboxylic acids is 2. The van der Waals surface area contributed by atoms with Gasteiger partial charge >= 0.3 is 0 Å². The average molecular weight is 343 g/mol. The summed E-state index contributed by atoms with van der Waals surface area (Å²) in [6, 6.07) is 8.34. The number of benzene rings is 1. The Kier molecular flexibility index (Phi) is 5.74. The zero-order valence-corrected chi connectivity index (χ0v) is 15.4. The van der Waals surface area contributed by atoms with Gasteiger partial charge in [-0.05, 0) is 37.4 Å². The van der Waals surface area contributed by atoms with E-state index in [2.05, 4.69) is 30.9 Å². The van der Waals surface area contributed by atoms with Crippen LogP contribution in [-0.4, -0.2) is 65.8 Å². The van der Waals surface area contributed by atoms with Crippen LogP contribution in [0.2, 0.25) is 0 Å². The van der Waals surface area contributed by atoms with E-state index in [4.69, 9.17) is 0 Å². The highest BCUT2D eigenvalue weighted by atomic mass is 16.2. The molecular weight excluding hydrogens is 314 g/mol. The number of hydrogen-bond donors (Lipinski definition) is 0. The SMILES string of the molecule is CCN(CC(=O)N1CCN(C(=O)C2CC2)CC1)Cc1ccccc1C. The number of rotatable bonds is 6. The first-order valence-electron chi connectivity index (χ1n) is 9.42. The van der Waals surface area contributed by atoms with Gasteiger partial charge in [0.25, 0.3) is 0 Å². The van der Waals surface area contributed by atoms with Crippen LogP contribution in [0.15, 0.2) is 24.3 Å². The van der Waals surface area contributed by atoms with E-state index in [1.807, 2.05) is 21.9 Å². The zero-order valence-electron chi connectivity index (χ0n) is 15.4. The summed E-state index contributed by atoms with van der Waals surface area (Å²) in [5.41, 5.74) is 2.54. The Morgan fingerprint density at radius 2 is 1.72 bits per heavy atom. The molecule has 0 aromatic heterocycles. The van der Waals surface area contributed by atoms with E-state index in [1.165, 1.54) is 11.1 Å². The van der Waals surface area contributed by atoms with Crippen molar-refractivity contribution in [1.29, 1.82) is 0 Å². The van der Waals surface area contributed by atoms with Gasteiger partial charge in [0.05, 0.1) is 6.54 Å². The van der Waals surface area contributed by atoms with E-state index in [9.17, 15) is 9.59 Å². The number of hydrogen-bond acceptors (Lipinski definition) is 3. The molecule has 1 aliphatic carbocycles. The van der Waals surface area contributed by atoms with E-state index < -0.39 is 0 Å². The Morgan fingerprint density at radius 3 is 2.32 bits per heavy atom. The molecule has 0 radical (unpaired) electrons. The summed E-state index contributed by atoms with van der Waals surface area (Å²) in [7, 11) is 0. The van der Waals surface area contributed by atoms with E-state index in [0.29, 0.717) is 38.6 Å². The van der Waals surface area contributed by atoms with Crippen LogP contribution in [0, 0.1) is 12.8 Å². The molecule has 0 atom stereocenters. The summed E-state index contributed by atoms with van der Waals surface area (Å²) in [6.07, 6.45) is 2.09. The minimum Gasteiger partial charge on any atom is -0.339 e. The van der Waals surface area contributed by atoms with Crippen LogP contribution in [0.5, 0.6) is 0 Å². The molecule has 1 saturated carbocycles. The van der Waals surface area contributed by atoms with Gasteiger partial charge in [0.15, 0.2) is 0 Å². The van der Waals surface area contributed by atoms with Crippen molar-refractivity contribution in [2.24, 2.45) is 5.92 Å². The monoisotopic (exact) mass is 343 g/mol. The Bertz CT molecular complexity index is 619. The Morgan fingerprint density at radius 1 is 1.08 bits per heavy atom. The fourth-order valence-electron chi connectivity index (χ4n) is 3.36. The summed E-state index contributed by atoms with van der Waals surface area (Å²) < 4.78 is 0. The number of carbonyl (C=O) groups is 2. The van der Waals surface area contributed by atoms with Gasteiger partial charge in [0.2, 0.25) is 11.8 Å². The molecule has 5 heteroatoms. The zero-order chi connectivity index (χ0) is 17.8. The number of amides is 2. The van der Waals surface area contributed by atoms with Crippen molar-refractivity contribution in [1.82, 2.24) is 14.7 Å². The smallest absolute Gasteiger partial charge is 0.236 e. The Labute approximate surface area is 150 Å². The van der Waals surface area contributed by atoms with E-state index in [1.54, 1.807) is 0 Å². The highest BCUT2D eigenvalue weighted by molar-refractivity contribution is 5.82. The molecule has 1 saturated heterocycles. The maximum absolute atomic E-state index is 12.6. The predicted molar refractivity (Wildman–Crippen MR) is 98.0 cm³/mol. The molecule has 1 aromatic rings. The molecule has 25 heavy (non-hydrogen) atoms. The fraction of sp³-hybridized carbons (Fsp3) is 0.600. The lowest BCUT2D eigenvalue weighted by Gasteiger charge is -2.36. The largest absolute Gasteiger partial charge is 0.339 e. The molecule has 5 nitrogen and oxygen atoms in total. The third-order valence-corrected chi connectivity index (χ3v) is 5.33. The van der Waals surface area contributed by atoms with Gasteiger partial charge < -0.3 is 9.80 Å². The fourth-order valence-corrected chi connectivity index (χ4v) is 3.36. The van der Waals surface area contributed by atoms with Gasteiger partial charge in [-0.25, -0.2) is 0 Å². The summed E-state index contributed by atoms with van der Waals surface area (Å²) >= 11 is 0. The van der Waals surface area contributed by atoms with Crippen LogP contribution in [0.25, 0.3) is 0 Å². The molecule has 2 amide bonds. The van der Waals surface area contributed by atoms with Crippen LogP contribution in [0.3, 0.4) is 0 Å². The van der Waals surface area contributed by atoms with Gasteiger partial charge in [-0.3, -0.25) is 14.5 Å². The minimum atomic E-state index is 0.175. The highest BCUT2D eigenvalue weighted by Gasteiger charge is 2.35. The lowest BCUT2D eigenvalue weighted by molar-refractivity contribution is -0.141. The number of likely N-dealkylation sites (N-methyl/N-ethyl adjacent to an activating group) is 1. The van der Waals surface area contributed by atoms with Crippen molar-refractivity contribution in [3.05, 3.63) is 35.4 Å². The van der Waals surface area contributed by atoms with Crippen LogP contribution in [-0.2, 0) is 16.1 Å². The second-order valence-corrected chi connectivity index (χ2v) is 7.21. The normalized spacial score (nSPS) is 17.9. The van der Waals surface area contributed by atoms with Gasteiger partial charge in [-0.15, -0.1) is 0 Å². The van der Waals surface area contributed by atoms with Crippen LogP contribution in [0.1, 0.15) is 30.9 Å². The molecule has 2 fully saturated rings. The lowest BCUT2D eigenvalue weighted by Crippen LogP contribution is -2.52. The van der Waals surface area contributed by atoms with Gasteiger partial charge in [0.1, 0.15) is 0 Å². The molecule has 0 spiro atoms. The third kappa shape index (κ3) is 4.60. The highest BCUT2D eigenvalue weighted by Crippen LogP contribution is 2.31. The average Bonchev–Trinajstić information content (AvgIpc) is 3.47. The standard InChI is InChI=1S/C20H29N3O2/c1-3-21(14-18-7-5-4-6-16(18)2)15-19(24)22-10-12-23(13-11-22)20(25)17-8-9-17/h4-7,17H,3,8-15H2,1-2H3. The lowest BCUT2D eigenvalue weighted by atomic mass is 10.1. The van der Waals surface area contributed by atoms with Crippen LogP contribution < -0.4 is 0 Å². The maximum atomic E-state index is 12.6. The first kappa shape index (κ1) is 17.9. The summed E-state index contributed by atoms with van der Waals surface area (Å²) in [5, 5.41) is 0. The minimum absolute atomic E-state index is 0.175. The van der Waals surface area contributed by atoms with Crippen LogP contribution >= 0.6 is 0 Å². The molecule has 1 aromatic carbocycles. The molecule has 136 valence electrons. The van der Waals surface area contributed by atoms with Gasteiger partial charge in [0, 0.05) is 38.6 Å². The quantitative estimate of drug-likeness (QED) is 0.792. The first-order valence-corrected chi connectivity index (χ1v) is 9.42. The molecule has 0 bridgehead atoms. The van der Waals surface area contributed by atoms with E-state index in [-0.39, 0.29) is 11.8 Å². The topological polar surface area (TPSA) is 43.9 Å². The van der Waals surface area contributed by atoms with E-state index >= 15 is 0 Å². The second-order valence-electron chi connectivity index (χ2n) is 7.21. The van der Waals surface area contributed by atoms with Crippen molar-refractivity contribution in [2.75, 3.05) is 39.3 Å². The summed E-state index contributed by atoms with van der Waals surface area (Å²) in [4.78, 5) is 30.8. The molecule has 3 rings (SSSR count). The predicted octanol–water partition coefficient (Wildman–Crippen LogP) is 1.90. The molecular formula is C20H29N3O2. The summed E-state index contributed by atoms with van der Waals surface area (Å²) in [6.45, 7) is 9.00. The Balaban J connectivity index is 1.49. The van der Waals surface area contributed by atoms with Crippen molar-refractivity contribution in [3.63, 3.8) is 0 Å². The van der Waals surface area contributed by atoms with Crippen molar-refractivity contribution >= 4 is 11.8 Å². The molecule has 2 aliphatic rings. The van der Waals surface area contributed by atoms with Crippen molar-refractivity contribution < 1.29 is 9.59 Å². The number of aryl methyl sites for hydroxylation is 1. The molecule has 0 N–H and O–H groups in total. The van der Waals surface area contributed by atoms with E-state index in [0.717, 1.165) is 25.9 Å². The number of piperazine rings is 1. The van der Waals surface area contributed by atoms with Crippen LogP contribution in [0.4, 0.5) is 0 Å². The molecule has 1 aliphatic heterocycles. The number of nitrogens with zero attached hydrogens (tertiary/aromatic N) is 3. The van der Waals surface area contributed by atoms with Crippen molar-refractivity contribution in [3.8, 4) is 0 Å². The third-order valence-electron chi connectivity index (χ3n) is 5.33. The first-order chi connectivity index (χ1) is 12.1. The van der Waals surface area contributed by atoms with Gasteiger partial charge in [-0.2, -0.15) is 0 Å². The van der Waals surface area contributed by atoms with Crippen molar-refractivity contribution in [2.45, 2.75) is 33.2 Å². The molecule has 0 unspecified atom stereocenters. The molecule has 1 heterocycles.